The Balaban J connectivity index is 1.87. The Morgan fingerprint density at radius 1 is 1.21 bits per heavy atom. The van der Waals surface area contributed by atoms with Gasteiger partial charge < -0.3 is 10.5 Å². The van der Waals surface area contributed by atoms with E-state index in [-0.39, 0.29) is 17.0 Å². The second kappa shape index (κ2) is 8.18. The Bertz CT molecular complexity index is 849. The van der Waals surface area contributed by atoms with Gasteiger partial charge in [0.1, 0.15) is 11.6 Å². The van der Waals surface area contributed by atoms with Crippen LogP contribution in [0.5, 0.6) is 0 Å². The Kier molecular flexibility index (Phi) is 5.99. The van der Waals surface area contributed by atoms with E-state index in [1.54, 1.807) is 6.07 Å². The summed E-state index contributed by atoms with van der Waals surface area (Å²) in [7, 11) is 0. The maximum atomic E-state index is 11.7. The van der Waals surface area contributed by atoms with Gasteiger partial charge in [0.25, 0.3) is 0 Å². The van der Waals surface area contributed by atoms with Crippen LogP contribution in [-0.2, 0) is 14.3 Å². The molecule has 0 unspecified atom stereocenters. The van der Waals surface area contributed by atoms with Crippen LogP contribution in [0, 0.1) is 11.3 Å². The lowest BCUT2D eigenvalue weighted by Gasteiger charge is -2.05. The molecule has 0 saturated carbocycles. The van der Waals surface area contributed by atoms with Crippen molar-refractivity contribution in [1.82, 2.24) is 0 Å². The van der Waals surface area contributed by atoms with Gasteiger partial charge in [0, 0.05) is 10.6 Å². The van der Waals surface area contributed by atoms with Gasteiger partial charge >= 0.3 is 5.97 Å². The van der Waals surface area contributed by atoms with Crippen molar-refractivity contribution in [3.8, 4) is 6.07 Å². The molecule has 0 amide bonds. The number of thioether (sulfide) groups is 1. The minimum atomic E-state index is -0.596. The van der Waals surface area contributed by atoms with Crippen LogP contribution in [0.3, 0.4) is 0 Å². The first-order valence-electron chi connectivity index (χ1n) is 7.18. The van der Waals surface area contributed by atoms with E-state index in [9.17, 15) is 9.59 Å². The normalized spacial score (nSPS) is 11.5. The van der Waals surface area contributed by atoms with Crippen LogP contribution in [0.1, 0.15) is 6.92 Å². The van der Waals surface area contributed by atoms with Gasteiger partial charge in [-0.15, -0.1) is 11.8 Å². The Hall–Kier alpha value is -2.78. The van der Waals surface area contributed by atoms with Gasteiger partial charge in [0.15, 0.2) is 6.61 Å². The van der Waals surface area contributed by atoms with E-state index in [0.717, 1.165) is 15.7 Å². The average Bonchev–Trinajstić information content (AvgIpc) is 2.58. The zero-order chi connectivity index (χ0) is 17.5. The largest absolute Gasteiger partial charge is 0.457 e. The van der Waals surface area contributed by atoms with E-state index >= 15 is 0 Å². The number of Topliss-reactive ketones (excluding diaryl/α,β-unsaturated/α-hetero) is 1. The summed E-state index contributed by atoms with van der Waals surface area (Å²) < 4.78 is 4.90. The number of fused-ring (bicyclic) bond motifs is 1. The van der Waals surface area contributed by atoms with Crippen molar-refractivity contribution in [2.45, 2.75) is 11.8 Å². The van der Waals surface area contributed by atoms with Crippen LogP contribution >= 0.6 is 11.8 Å². The van der Waals surface area contributed by atoms with Crippen molar-refractivity contribution in [1.29, 1.82) is 5.26 Å². The standard InChI is InChI=1S/C18H16N2O3S/c1-12(20)16(9-19)17(21)10-23-18(22)11-24-15-7-6-13-4-2-3-5-14(13)8-15/h2-8H,10-11,20H2,1H3/b16-12+. The summed E-state index contributed by atoms with van der Waals surface area (Å²) in [4.78, 5) is 24.4. The second-order valence-corrected chi connectivity index (χ2v) is 6.10. The van der Waals surface area contributed by atoms with Gasteiger partial charge in [0.05, 0.1) is 5.75 Å². The minimum Gasteiger partial charge on any atom is -0.457 e. The van der Waals surface area contributed by atoms with Crippen molar-refractivity contribution < 1.29 is 14.3 Å². The van der Waals surface area contributed by atoms with Crippen molar-refractivity contribution in [2.75, 3.05) is 12.4 Å². The van der Waals surface area contributed by atoms with E-state index in [0.29, 0.717) is 0 Å². The first-order valence-corrected chi connectivity index (χ1v) is 8.16. The van der Waals surface area contributed by atoms with E-state index in [1.807, 2.05) is 42.5 Å². The van der Waals surface area contributed by atoms with Crippen LogP contribution in [0.15, 0.2) is 58.6 Å². The Labute approximate surface area is 144 Å². The highest BCUT2D eigenvalue weighted by Crippen LogP contribution is 2.23. The maximum Gasteiger partial charge on any atom is 0.316 e. The molecule has 0 heterocycles. The van der Waals surface area contributed by atoms with Gasteiger partial charge in [-0.1, -0.05) is 30.3 Å². The molecule has 5 nitrogen and oxygen atoms in total. The van der Waals surface area contributed by atoms with E-state index < -0.39 is 18.4 Å². The van der Waals surface area contributed by atoms with Crippen molar-refractivity contribution >= 4 is 34.3 Å². The van der Waals surface area contributed by atoms with Gasteiger partial charge in [-0.25, -0.2) is 0 Å². The van der Waals surface area contributed by atoms with E-state index in [2.05, 4.69) is 0 Å². The summed E-state index contributed by atoms with van der Waals surface area (Å²) in [6, 6.07) is 15.6. The average molecular weight is 340 g/mol. The number of nitriles is 1. The summed E-state index contributed by atoms with van der Waals surface area (Å²) >= 11 is 1.33. The SMILES string of the molecule is C/C(N)=C(/C#N)C(=O)COC(=O)CSc1ccc2ccccc2c1. The summed E-state index contributed by atoms with van der Waals surface area (Å²) in [6.45, 7) is 0.975. The van der Waals surface area contributed by atoms with Crippen molar-refractivity contribution in [2.24, 2.45) is 5.73 Å². The highest BCUT2D eigenvalue weighted by molar-refractivity contribution is 8.00. The van der Waals surface area contributed by atoms with Crippen LogP contribution in [0.2, 0.25) is 0 Å². The van der Waals surface area contributed by atoms with E-state index in [4.69, 9.17) is 15.7 Å². The molecule has 0 bridgehead atoms. The molecule has 0 aliphatic rings. The number of nitrogens with zero attached hydrogens (tertiary/aromatic N) is 1. The molecule has 24 heavy (non-hydrogen) atoms. The molecule has 122 valence electrons. The van der Waals surface area contributed by atoms with Crippen LogP contribution in [-0.4, -0.2) is 24.1 Å². The second-order valence-electron chi connectivity index (χ2n) is 5.05. The lowest BCUT2D eigenvalue weighted by Crippen LogP contribution is -2.18. The third-order valence-electron chi connectivity index (χ3n) is 3.23. The number of carbonyl (C=O) groups excluding carboxylic acids is 2. The van der Waals surface area contributed by atoms with Crippen LogP contribution in [0.25, 0.3) is 10.8 Å². The zero-order valence-corrected chi connectivity index (χ0v) is 13.9. The number of esters is 1. The molecule has 6 heteroatoms. The molecule has 0 radical (unpaired) electrons. The monoisotopic (exact) mass is 340 g/mol. The lowest BCUT2D eigenvalue weighted by molar-refractivity contribution is -0.144. The first kappa shape index (κ1) is 17.6. The number of ketones is 1. The number of allylic oxidation sites excluding steroid dienone is 1. The molecule has 2 rings (SSSR count). The fourth-order valence-corrected chi connectivity index (χ4v) is 2.77. The Morgan fingerprint density at radius 3 is 2.58 bits per heavy atom. The summed E-state index contributed by atoms with van der Waals surface area (Å²) in [5.74, 6) is -1.03. The summed E-state index contributed by atoms with van der Waals surface area (Å²) in [6.07, 6.45) is 0. The molecular formula is C18H16N2O3S. The molecule has 0 spiro atoms. The maximum absolute atomic E-state index is 11.7. The fraction of sp³-hybridized carbons (Fsp3) is 0.167. The number of hydrogen-bond acceptors (Lipinski definition) is 6. The number of rotatable bonds is 6. The third kappa shape index (κ3) is 4.61. The molecule has 2 aromatic carbocycles. The third-order valence-corrected chi connectivity index (χ3v) is 4.19. The molecule has 0 aliphatic heterocycles. The van der Waals surface area contributed by atoms with Crippen LogP contribution in [0.4, 0.5) is 0 Å². The predicted octanol–water partition coefficient (Wildman–Crippen LogP) is 2.80. The first-order chi connectivity index (χ1) is 11.5. The Morgan fingerprint density at radius 2 is 1.92 bits per heavy atom. The van der Waals surface area contributed by atoms with Crippen molar-refractivity contribution in [3.63, 3.8) is 0 Å². The molecule has 2 aromatic rings. The fourth-order valence-electron chi connectivity index (χ4n) is 2.03. The zero-order valence-electron chi connectivity index (χ0n) is 13.1. The van der Waals surface area contributed by atoms with E-state index in [1.165, 1.54) is 18.7 Å². The number of nitrogens with two attached hydrogens (primary N) is 1. The minimum absolute atomic E-state index is 0.0822. The molecule has 0 atom stereocenters. The van der Waals surface area contributed by atoms with Crippen LogP contribution < -0.4 is 5.73 Å². The van der Waals surface area contributed by atoms with Gasteiger partial charge in [0.2, 0.25) is 5.78 Å². The van der Waals surface area contributed by atoms with Gasteiger partial charge in [-0.3, -0.25) is 9.59 Å². The number of benzene rings is 2. The predicted molar refractivity (Wildman–Crippen MR) is 93.1 cm³/mol. The number of ether oxygens (including phenoxy) is 1. The smallest absolute Gasteiger partial charge is 0.316 e. The highest BCUT2D eigenvalue weighted by Gasteiger charge is 2.14. The molecule has 0 fully saturated rings. The van der Waals surface area contributed by atoms with Gasteiger partial charge in [-0.05, 0) is 29.8 Å². The van der Waals surface area contributed by atoms with Crippen molar-refractivity contribution in [3.05, 3.63) is 53.7 Å². The van der Waals surface area contributed by atoms with Gasteiger partial charge in [-0.2, -0.15) is 5.26 Å². The lowest BCUT2D eigenvalue weighted by atomic mass is 10.1. The number of hydrogen-bond donors (Lipinski definition) is 1. The quantitative estimate of drug-likeness (QED) is 0.376. The summed E-state index contributed by atoms with van der Waals surface area (Å²) in [5, 5.41) is 11.0. The topological polar surface area (TPSA) is 93.2 Å². The molecule has 0 saturated heterocycles. The molecule has 0 aromatic heterocycles. The summed E-state index contributed by atoms with van der Waals surface area (Å²) in [5.41, 5.74) is 5.37. The molecule has 0 aliphatic carbocycles. The molecular weight excluding hydrogens is 324 g/mol. The number of carbonyl (C=O) groups is 2. The highest BCUT2D eigenvalue weighted by atomic mass is 32.2. The molecule has 2 N–H and O–H groups in total.